The van der Waals surface area contributed by atoms with E-state index in [0.29, 0.717) is 12.1 Å². The molecule has 16 heavy (non-hydrogen) atoms. The standard InChI is InChI=1S/C13H23NO2/c1-4-9(2)13(15)16-12-7-10-5-6-11(8-12)14(10)3/h9-12H,4-8H2,1-3H3/t9-,10-,11+,12?/m0/s1. The molecule has 0 N–H and O–H groups in total. The highest BCUT2D eigenvalue weighted by molar-refractivity contribution is 5.72. The first-order valence-electron chi connectivity index (χ1n) is 6.54. The van der Waals surface area contributed by atoms with Crippen LogP contribution in [0.3, 0.4) is 0 Å². The van der Waals surface area contributed by atoms with Gasteiger partial charge in [-0.1, -0.05) is 13.8 Å². The molecule has 3 heteroatoms. The second kappa shape index (κ2) is 4.74. The Morgan fingerprint density at radius 2 is 1.94 bits per heavy atom. The Hall–Kier alpha value is -0.570. The first kappa shape index (κ1) is 11.9. The Morgan fingerprint density at radius 3 is 2.44 bits per heavy atom. The number of esters is 1. The van der Waals surface area contributed by atoms with Crippen molar-refractivity contribution in [2.24, 2.45) is 5.92 Å². The molecule has 2 heterocycles. The largest absolute Gasteiger partial charge is 0.462 e. The third kappa shape index (κ3) is 2.24. The highest BCUT2D eigenvalue weighted by Gasteiger charge is 2.40. The normalized spacial score (nSPS) is 36.1. The molecular formula is C13H23NO2. The van der Waals surface area contributed by atoms with Gasteiger partial charge in [0, 0.05) is 12.1 Å². The number of nitrogens with zero attached hydrogens (tertiary/aromatic N) is 1. The third-order valence-electron chi connectivity index (χ3n) is 4.35. The number of piperidine rings is 1. The minimum absolute atomic E-state index is 0.00328. The lowest BCUT2D eigenvalue weighted by atomic mass is 10.00. The van der Waals surface area contributed by atoms with Crippen LogP contribution in [0.5, 0.6) is 0 Å². The molecule has 92 valence electrons. The highest BCUT2D eigenvalue weighted by Crippen LogP contribution is 2.35. The topological polar surface area (TPSA) is 29.5 Å². The van der Waals surface area contributed by atoms with Gasteiger partial charge in [0.2, 0.25) is 0 Å². The molecular weight excluding hydrogens is 202 g/mol. The van der Waals surface area contributed by atoms with Gasteiger partial charge < -0.3 is 9.64 Å². The van der Waals surface area contributed by atoms with Crippen molar-refractivity contribution in [3.63, 3.8) is 0 Å². The summed E-state index contributed by atoms with van der Waals surface area (Å²) in [5.41, 5.74) is 0. The zero-order valence-corrected chi connectivity index (χ0v) is 10.6. The smallest absolute Gasteiger partial charge is 0.308 e. The lowest BCUT2D eigenvalue weighted by molar-refractivity contribution is -0.156. The van der Waals surface area contributed by atoms with Crippen molar-refractivity contribution < 1.29 is 9.53 Å². The van der Waals surface area contributed by atoms with Gasteiger partial charge in [0.05, 0.1) is 5.92 Å². The van der Waals surface area contributed by atoms with Crippen LogP contribution in [-0.4, -0.2) is 36.1 Å². The summed E-state index contributed by atoms with van der Waals surface area (Å²) in [5, 5.41) is 0. The van der Waals surface area contributed by atoms with Crippen molar-refractivity contribution in [3.05, 3.63) is 0 Å². The van der Waals surface area contributed by atoms with Crippen molar-refractivity contribution in [1.82, 2.24) is 4.90 Å². The van der Waals surface area contributed by atoms with Crippen molar-refractivity contribution in [3.8, 4) is 0 Å². The van der Waals surface area contributed by atoms with E-state index in [0.717, 1.165) is 19.3 Å². The van der Waals surface area contributed by atoms with Crippen molar-refractivity contribution in [2.75, 3.05) is 7.05 Å². The predicted molar refractivity (Wildman–Crippen MR) is 63.1 cm³/mol. The van der Waals surface area contributed by atoms with Gasteiger partial charge in [-0.3, -0.25) is 4.79 Å². The summed E-state index contributed by atoms with van der Waals surface area (Å²) in [5.74, 6) is 0.0498. The average molecular weight is 225 g/mol. The van der Waals surface area contributed by atoms with Crippen LogP contribution in [0, 0.1) is 5.92 Å². The molecule has 2 aliphatic rings. The Bertz CT molecular complexity index is 253. The molecule has 2 saturated heterocycles. The molecule has 0 radical (unpaired) electrons. The molecule has 0 spiro atoms. The van der Waals surface area contributed by atoms with Gasteiger partial charge in [0.15, 0.2) is 0 Å². The van der Waals surface area contributed by atoms with Crippen molar-refractivity contribution in [2.45, 2.75) is 64.1 Å². The zero-order chi connectivity index (χ0) is 11.7. The van der Waals surface area contributed by atoms with E-state index in [9.17, 15) is 4.79 Å². The molecule has 2 rings (SSSR count). The van der Waals surface area contributed by atoms with E-state index in [-0.39, 0.29) is 18.0 Å². The van der Waals surface area contributed by atoms with E-state index >= 15 is 0 Å². The van der Waals surface area contributed by atoms with Crippen molar-refractivity contribution >= 4 is 5.97 Å². The molecule has 0 amide bonds. The molecule has 1 unspecified atom stereocenters. The number of hydrogen-bond donors (Lipinski definition) is 0. The lowest BCUT2D eigenvalue weighted by Crippen LogP contribution is -2.43. The predicted octanol–water partition coefficient (Wildman–Crippen LogP) is 2.20. The number of hydrogen-bond acceptors (Lipinski definition) is 3. The Labute approximate surface area is 98.1 Å². The highest BCUT2D eigenvalue weighted by atomic mass is 16.5. The summed E-state index contributed by atoms with van der Waals surface area (Å²) < 4.78 is 5.61. The maximum atomic E-state index is 11.7. The number of carbonyl (C=O) groups excluding carboxylic acids is 1. The third-order valence-corrected chi connectivity index (χ3v) is 4.35. The average Bonchev–Trinajstić information content (AvgIpc) is 2.52. The molecule has 0 aromatic heterocycles. The van der Waals surface area contributed by atoms with Gasteiger partial charge in [-0.15, -0.1) is 0 Å². The van der Waals surface area contributed by atoms with Gasteiger partial charge >= 0.3 is 5.97 Å². The minimum Gasteiger partial charge on any atom is -0.462 e. The monoisotopic (exact) mass is 225 g/mol. The maximum Gasteiger partial charge on any atom is 0.308 e. The summed E-state index contributed by atoms with van der Waals surface area (Å²) in [6.45, 7) is 3.98. The van der Waals surface area contributed by atoms with Crippen LogP contribution >= 0.6 is 0 Å². The first-order chi connectivity index (χ1) is 7.61. The van der Waals surface area contributed by atoms with Crippen LogP contribution in [0.25, 0.3) is 0 Å². The SMILES string of the molecule is CC[C@H](C)C(=O)OC1C[C@H]2CC[C@@H](C1)N2C. The second-order valence-corrected chi connectivity index (χ2v) is 5.39. The zero-order valence-electron chi connectivity index (χ0n) is 10.6. The minimum atomic E-state index is -0.00328. The molecule has 4 atom stereocenters. The van der Waals surface area contributed by atoms with Crippen molar-refractivity contribution in [1.29, 1.82) is 0 Å². The molecule has 2 aliphatic heterocycles. The van der Waals surface area contributed by atoms with E-state index < -0.39 is 0 Å². The number of fused-ring (bicyclic) bond motifs is 2. The fraction of sp³-hybridized carbons (Fsp3) is 0.923. The summed E-state index contributed by atoms with van der Waals surface area (Å²) in [6, 6.07) is 1.29. The summed E-state index contributed by atoms with van der Waals surface area (Å²) >= 11 is 0. The summed E-state index contributed by atoms with van der Waals surface area (Å²) in [7, 11) is 2.20. The summed E-state index contributed by atoms with van der Waals surface area (Å²) in [4.78, 5) is 14.2. The molecule has 2 fully saturated rings. The van der Waals surface area contributed by atoms with E-state index in [1.165, 1.54) is 12.8 Å². The fourth-order valence-corrected chi connectivity index (χ4v) is 2.90. The van der Waals surface area contributed by atoms with E-state index in [2.05, 4.69) is 11.9 Å². The Balaban J connectivity index is 1.87. The van der Waals surface area contributed by atoms with Gasteiger partial charge in [-0.2, -0.15) is 0 Å². The maximum absolute atomic E-state index is 11.7. The van der Waals surface area contributed by atoms with Crippen LogP contribution in [0.4, 0.5) is 0 Å². The van der Waals surface area contributed by atoms with E-state index in [1.807, 2.05) is 13.8 Å². The molecule has 0 aliphatic carbocycles. The lowest BCUT2D eigenvalue weighted by Gasteiger charge is -2.36. The number of carbonyl (C=O) groups is 1. The van der Waals surface area contributed by atoms with Crippen LogP contribution in [-0.2, 0) is 9.53 Å². The Morgan fingerprint density at radius 1 is 1.38 bits per heavy atom. The quantitative estimate of drug-likeness (QED) is 0.690. The number of ether oxygens (including phenoxy) is 1. The summed E-state index contributed by atoms with van der Waals surface area (Å²) in [6.07, 6.45) is 5.68. The number of rotatable bonds is 3. The van der Waals surface area contributed by atoms with Crippen LogP contribution in [0.2, 0.25) is 0 Å². The van der Waals surface area contributed by atoms with E-state index in [1.54, 1.807) is 0 Å². The van der Waals surface area contributed by atoms with Crippen LogP contribution in [0.15, 0.2) is 0 Å². The molecule has 0 aromatic rings. The molecule has 3 nitrogen and oxygen atoms in total. The van der Waals surface area contributed by atoms with Gasteiger partial charge in [-0.25, -0.2) is 0 Å². The van der Waals surface area contributed by atoms with Crippen LogP contribution in [0.1, 0.15) is 46.0 Å². The molecule has 0 saturated carbocycles. The molecule has 2 bridgehead atoms. The van der Waals surface area contributed by atoms with Gasteiger partial charge in [-0.05, 0) is 39.2 Å². The Kier molecular flexibility index (Phi) is 3.53. The second-order valence-electron chi connectivity index (χ2n) is 5.39. The van der Waals surface area contributed by atoms with Crippen LogP contribution < -0.4 is 0 Å². The molecule has 0 aromatic carbocycles. The first-order valence-corrected chi connectivity index (χ1v) is 6.54. The fourth-order valence-electron chi connectivity index (χ4n) is 2.90. The van der Waals surface area contributed by atoms with E-state index in [4.69, 9.17) is 4.74 Å². The van der Waals surface area contributed by atoms with Gasteiger partial charge in [0.25, 0.3) is 0 Å². The van der Waals surface area contributed by atoms with Gasteiger partial charge in [0.1, 0.15) is 6.10 Å².